The van der Waals surface area contributed by atoms with Crippen LogP contribution in [0.2, 0.25) is 0 Å². The lowest BCUT2D eigenvalue weighted by atomic mass is 9.80. The molecule has 1 aliphatic rings. The first-order valence-electron chi connectivity index (χ1n) is 5.96. The van der Waals surface area contributed by atoms with E-state index in [0.29, 0.717) is 18.1 Å². The lowest BCUT2D eigenvalue weighted by molar-refractivity contribution is -0.140. The average Bonchev–Trinajstić information content (AvgIpc) is 2.26. The van der Waals surface area contributed by atoms with Crippen LogP contribution in [0.1, 0.15) is 46.0 Å². The van der Waals surface area contributed by atoms with E-state index in [0.717, 1.165) is 5.92 Å². The third-order valence-electron chi connectivity index (χ3n) is 3.27. The van der Waals surface area contributed by atoms with Gasteiger partial charge in [0.25, 0.3) is 0 Å². The summed E-state index contributed by atoms with van der Waals surface area (Å²) >= 11 is 0. The summed E-state index contributed by atoms with van der Waals surface area (Å²) in [4.78, 5) is 11.2. The zero-order valence-corrected chi connectivity index (χ0v) is 9.92. The van der Waals surface area contributed by atoms with Crippen LogP contribution in [0.3, 0.4) is 0 Å². The van der Waals surface area contributed by atoms with Crippen molar-refractivity contribution < 1.29 is 9.53 Å². The maximum atomic E-state index is 11.2. The molecule has 2 atom stereocenters. The summed E-state index contributed by atoms with van der Waals surface area (Å²) in [7, 11) is 0. The fourth-order valence-electron chi connectivity index (χ4n) is 2.24. The Labute approximate surface area is 92.7 Å². The number of carbonyl (C=O) groups is 1. The predicted octanol–water partition coefficient (Wildman–Crippen LogP) is 3.32. The predicted molar refractivity (Wildman–Crippen MR) is 61.5 cm³/mol. The maximum Gasteiger partial charge on any atom is 0.333 e. The van der Waals surface area contributed by atoms with Gasteiger partial charge >= 0.3 is 5.97 Å². The molecule has 0 bridgehead atoms. The van der Waals surface area contributed by atoms with Crippen molar-refractivity contribution in [2.24, 2.45) is 11.8 Å². The summed E-state index contributed by atoms with van der Waals surface area (Å²) in [5.41, 5.74) is 0.498. The molecule has 1 fully saturated rings. The van der Waals surface area contributed by atoms with E-state index in [4.69, 9.17) is 4.74 Å². The molecule has 15 heavy (non-hydrogen) atoms. The third-order valence-corrected chi connectivity index (χ3v) is 3.27. The molecule has 0 radical (unpaired) electrons. The van der Waals surface area contributed by atoms with Gasteiger partial charge < -0.3 is 4.74 Å². The fraction of sp³-hybridized carbons (Fsp3) is 0.769. The molecule has 0 aromatic heterocycles. The first kappa shape index (κ1) is 12.3. The molecule has 1 saturated carbocycles. The van der Waals surface area contributed by atoms with Gasteiger partial charge in [0, 0.05) is 5.57 Å². The van der Waals surface area contributed by atoms with Gasteiger partial charge in [0.1, 0.15) is 0 Å². The van der Waals surface area contributed by atoms with Gasteiger partial charge in [-0.15, -0.1) is 0 Å². The SMILES string of the molecule is C=C(C)C(=O)OCC1CCCC(CC)C1. The van der Waals surface area contributed by atoms with Gasteiger partial charge in [-0.3, -0.25) is 0 Å². The highest BCUT2D eigenvalue weighted by Crippen LogP contribution is 2.31. The van der Waals surface area contributed by atoms with Crippen LogP contribution in [-0.2, 0) is 9.53 Å². The molecule has 0 amide bonds. The molecule has 0 heterocycles. The lowest BCUT2D eigenvalue weighted by Crippen LogP contribution is -2.21. The first-order chi connectivity index (χ1) is 7.13. The summed E-state index contributed by atoms with van der Waals surface area (Å²) in [6.45, 7) is 8.10. The second kappa shape index (κ2) is 5.94. The van der Waals surface area contributed by atoms with E-state index in [1.807, 2.05) is 0 Å². The normalized spacial score (nSPS) is 26.0. The highest BCUT2D eigenvalue weighted by atomic mass is 16.5. The fourth-order valence-corrected chi connectivity index (χ4v) is 2.24. The van der Waals surface area contributed by atoms with Crippen molar-refractivity contribution in [1.29, 1.82) is 0 Å². The molecule has 0 aromatic rings. The Hall–Kier alpha value is -0.790. The van der Waals surface area contributed by atoms with Crippen molar-refractivity contribution in [3.05, 3.63) is 12.2 Å². The van der Waals surface area contributed by atoms with Crippen molar-refractivity contribution in [2.45, 2.75) is 46.0 Å². The minimum absolute atomic E-state index is 0.242. The Morgan fingerprint density at radius 3 is 2.67 bits per heavy atom. The molecule has 0 aliphatic heterocycles. The van der Waals surface area contributed by atoms with Crippen molar-refractivity contribution in [2.75, 3.05) is 6.61 Å². The van der Waals surface area contributed by atoms with E-state index >= 15 is 0 Å². The molecule has 1 rings (SSSR count). The van der Waals surface area contributed by atoms with Gasteiger partial charge in [0.15, 0.2) is 0 Å². The van der Waals surface area contributed by atoms with Gasteiger partial charge in [-0.2, -0.15) is 0 Å². The van der Waals surface area contributed by atoms with E-state index in [1.54, 1.807) is 6.92 Å². The van der Waals surface area contributed by atoms with Crippen LogP contribution in [0.15, 0.2) is 12.2 Å². The largest absolute Gasteiger partial charge is 0.462 e. The molecule has 2 nitrogen and oxygen atoms in total. The number of hydrogen-bond donors (Lipinski definition) is 0. The summed E-state index contributed by atoms with van der Waals surface area (Å²) in [5.74, 6) is 1.17. The van der Waals surface area contributed by atoms with Crippen LogP contribution >= 0.6 is 0 Å². The van der Waals surface area contributed by atoms with Gasteiger partial charge in [-0.1, -0.05) is 32.8 Å². The lowest BCUT2D eigenvalue weighted by Gasteiger charge is -2.27. The van der Waals surface area contributed by atoms with Crippen LogP contribution in [0.4, 0.5) is 0 Å². The van der Waals surface area contributed by atoms with Crippen LogP contribution in [0.5, 0.6) is 0 Å². The van der Waals surface area contributed by atoms with E-state index in [2.05, 4.69) is 13.5 Å². The highest BCUT2D eigenvalue weighted by molar-refractivity contribution is 5.86. The van der Waals surface area contributed by atoms with Crippen LogP contribution in [-0.4, -0.2) is 12.6 Å². The van der Waals surface area contributed by atoms with Crippen molar-refractivity contribution in [3.8, 4) is 0 Å². The van der Waals surface area contributed by atoms with Crippen LogP contribution in [0.25, 0.3) is 0 Å². The monoisotopic (exact) mass is 210 g/mol. The molecule has 1 aliphatic carbocycles. The minimum atomic E-state index is -0.242. The standard InChI is InChI=1S/C13H22O2/c1-4-11-6-5-7-12(8-11)9-15-13(14)10(2)3/h11-12H,2,4-9H2,1,3H3. The van der Waals surface area contributed by atoms with Crippen molar-refractivity contribution >= 4 is 5.97 Å². The first-order valence-corrected chi connectivity index (χ1v) is 5.96. The van der Waals surface area contributed by atoms with Gasteiger partial charge in [-0.25, -0.2) is 4.79 Å². The van der Waals surface area contributed by atoms with Crippen LogP contribution in [0, 0.1) is 11.8 Å². The Morgan fingerprint density at radius 1 is 1.40 bits per heavy atom. The Bertz CT molecular complexity index is 233. The number of ether oxygens (including phenoxy) is 1. The Kier molecular flexibility index (Phi) is 4.86. The summed E-state index contributed by atoms with van der Waals surface area (Å²) < 4.78 is 5.20. The van der Waals surface area contributed by atoms with Gasteiger partial charge in [-0.05, 0) is 31.6 Å². The second-order valence-electron chi connectivity index (χ2n) is 4.69. The molecule has 86 valence electrons. The van der Waals surface area contributed by atoms with E-state index < -0.39 is 0 Å². The molecular weight excluding hydrogens is 188 g/mol. The van der Waals surface area contributed by atoms with Gasteiger partial charge in [0.2, 0.25) is 0 Å². The van der Waals surface area contributed by atoms with Crippen molar-refractivity contribution in [3.63, 3.8) is 0 Å². The number of esters is 1. The molecule has 0 N–H and O–H groups in total. The highest BCUT2D eigenvalue weighted by Gasteiger charge is 2.21. The molecule has 0 spiro atoms. The molecule has 2 unspecified atom stereocenters. The average molecular weight is 210 g/mol. The number of hydrogen-bond acceptors (Lipinski definition) is 2. The van der Waals surface area contributed by atoms with Crippen LogP contribution < -0.4 is 0 Å². The molecular formula is C13H22O2. The quantitative estimate of drug-likeness (QED) is 0.525. The molecule has 0 saturated heterocycles. The summed E-state index contributed by atoms with van der Waals surface area (Å²) in [5, 5.41) is 0. The topological polar surface area (TPSA) is 26.3 Å². The number of rotatable bonds is 4. The maximum absolute atomic E-state index is 11.2. The Balaban J connectivity index is 2.26. The zero-order chi connectivity index (χ0) is 11.3. The molecule has 2 heteroatoms. The summed E-state index contributed by atoms with van der Waals surface area (Å²) in [6.07, 6.45) is 6.32. The number of carbonyl (C=O) groups excluding carboxylic acids is 1. The zero-order valence-electron chi connectivity index (χ0n) is 9.92. The minimum Gasteiger partial charge on any atom is -0.462 e. The van der Waals surface area contributed by atoms with E-state index in [-0.39, 0.29) is 5.97 Å². The van der Waals surface area contributed by atoms with E-state index in [9.17, 15) is 4.79 Å². The smallest absolute Gasteiger partial charge is 0.333 e. The van der Waals surface area contributed by atoms with Gasteiger partial charge in [0.05, 0.1) is 6.61 Å². The molecule has 0 aromatic carbocycles. The Morgan fingerprint density at radius 2 is 2.07 bits per heavy atom. The third kappa shape index (κ3) is 4.06. The second-order valence-corrected chi connectivity index (χ2v) is 4.69. The summed E-state index contributed by atoms with van der Waals surface area (Å²) in [6, 6.07) is 0. The van der Waals surface area contributed by atoms with Crippen molar-refractivity contribution in [1.82, 2.24) is 0 Å². The van der Waals surface area contributed by atoms with E-state index in [1.165, 1.54) is 32.1 Å².